The maximum Gasteiger partial charge on any atom is 0.320 e. The van der Waals surface area contributed by atoms with Gasteiger partial charge in [-0.05, 0) is 26.8 Å². The maximum atomic E-state index is 11.9. The summed E-state index contributed by atoms with van der Waals surface area (Å²) in [5.41, 5.74) is 0. The van der Waals surface area contributed by atoms with Crippen LogP contribution >= 0.6 is 0 Å². The first-order chi connectivity index (χ1) is 6.70. The molecule has 0 radical (unpaired) electrons. The largest absolute Gasteiger partial charge is 0.325 e. The van der Waals surface area contributed by atoms with Crippen molar-refractivity contribution in [1.82, 2.24) is 15.1 Å². The third-order valence-electron chi connectivity index (χ3n) is 2.92. The molecule has 1 unspecified atom stereocenters. The van der Waals surface area contributed by atoms with Gasteiger partial charge in [-0.15, -0.1) is 0 Å². The van der Waals surface area contributed by atoms with Crippen LogP contribution in [0.3, 0.4) is 0 Å². The van der Waals surface area contributed by atoms with Gasteiger partial charge in [-0.25, -0.2) is 4.79 Å². The molecule has 1 N–H and O–H groups in total. The first kappa shape index (κ1) is 11.3. The molecular formula is C10H21N3O. The highest BCUT2D eigenvalue weighted by molar-refractivity contribution is 5.74. The standard InChI is InChI=1S/C10H21N3O/c1-4-13(5-2)10(14)12(3)9-6-7-11-8-9/h9,11H,4-8H2,1-3H3. The third kappa shape index (κ3) is 2.38. The number of amides is 2. The van der Waals surface area contributed by atoms with E-state index in [1.807, 2.05) is 30.7 Å². The fourth-order valence-corrected chi connectivity index (χ4v) is 1.84. The summed E-state index contributed by atoms with van der Waals surface area (Å²) in [6.07, 6.45) is 1.07. The summed E-state index contributed by atoms with van der Waals surface area (Å²) in [6.45, 7) is 7.58. The summed E-state index contributed by atoms with van der Waals surface area (Å²) in [6, 6.07) is 0.534. The molecule has 0 bridgehead atoms. The van der Waals surface area contributed by atoms with Crippen LogP contribution in [0.5, 0.6) is 0 Å². The van der Waals surface area contributed by atoms with Crippen molar-refractivity contribution in [3.8, 4) is 0 Å². The van der Waals surface area contributed by atoms with E-state index in [0.29, 0.717) is 6.04 Å². The SMILES string of the molecule is CCN(CC)C(=O)N(C)C1CCNC1. The minimum absolute atomic E-state index is 0.156. The Morgan fingerprint density at radius 2 is 2.07 bits per heavy atom. The third-order valence-corrected chi connectivity index (χ3v) is 2.92. The Morgan fingerprint density at radius 3 is 2.50 bits per heavy atom. The van der Waals surface area contributed by atoms with Gasteiger partial charge >= 0.3 is 6.03 Å². The molecule has 82 valence electrons. The van der Waals surface area contributed by atoms with Crippen molar-refractivity contribution in [2.45, 2.75) is 26.3 Å². The number of urea groups is 1. The van der Waals surface area contributed by atoms with E-state index in [1.165, 1.54) is 0 Å². The number of hydrogen-bond donors (Lipinski definition) is 1. The molecule has 1 heterocycles. The molecule has 1 atom stereocenters. The van der Waals surface area contributed by atoms with Crippen molar-refractivity contribution < 1.29 is 4.79 Å². The zero-order valence-electron chi connectivity index (χ0n) is 9.42. The Balaban J connectivity index is 2.49. The van der Waals surface area contributed by atoms with Crippen molar-refractivity contribution in [3.63, 3.8) is 0 Å². The van der Waals surface area contributed by atoms with Gasteiger partial charge in [0, 0.05) is 32.7 Å². The minimum Gasteiger partial charge on any atom is -0.325 e. The van der Waals surface area contributed by atoms with Gasteiger partial charge in [0.25, 0.3) is 0 Å². The molecule has 0 aromatic carbocycles. The smallest absolute Gasteiger partial charge is 0.320 e. The average Bonchev–Trinajstić information content (AvgIpc) is 2.71. The number of carbonyl (C=O) groups excluding carboxylic acids is 1. The number of nitrogens with zero attached hydrogens (tertiary/aromatic N) is 2. The zero-order chi connectivity index (χ0) is 10.6. The van der Waals surface area contributed by atoms with E-state index >= 15 is 0 Å². The summed E-state index contributed by atoms with van der Waals surface area (Å²) < 4.78 is 0. The van der Waals surface area contributed by atoms with Gasteiger partial charge < -0.3 is 15.1 Å². The molecule has 1 saturated heterocycles. The fourth-order valence-electron chi connectivity index (χ4n) is 1.84. The Labute approximate surface area is 86.2 Å². The molecule has 14 heavy (non-hydrogen) atoms. The van der Waals surface area contributed by atoms with Gasteiger partial charge in [0.05, 0.1) is 0 Å². The Hall–Kier alpha value is -0.770. The highest BCUT2D eigenvalue weighted by Crippen LogP contribution is 2.08. The van der Waals surface area contributed by atoms with E-state index in [0.717, 1.165) is 32.6 Å². The molecule has 1 aliphatic rings. The minimum atomic E-state index is 0.156. The van der Waals surface area contributed by atoms with E-state index in [-0.39, 0.29) is 6.03 Å². The number of hydrogen-bond acceptors (Lipinski definition) is 2. The number of likely N-dealkylation sites (N-methyl/N-ethyl adjacent to an activating group) is 1. The molecule has 4 nitrogen and oxygen atoms in total. The van der Waals surface area contributed by atoms with E-state index < -0.39 is 0 Å². The lowest BCUT2D eigenvalue weighted by atomic mass is 10.2. The van der Waals surface area contributed by atoms with Gasteiger partial charge in [0.2, 0.25) is 0 Å². The lowest BCUT2D eigenvalue weighted by molar-refractivity contribution is 0.154. The van der Waals surface area contributed by atoms with Crippen LogP contribution in [0.1, 0.15) is 20.3 Å². The summed E-state index contributed by atoms with van der Waals surface area (Å²) in [5.74, 6) is 0. The number of rotatable bonds is 3. The van der Waals surface area contributed by atoms with Gasteiger partial charge in [-0.3, -0.25) is 0 Å². The second-order valence-electron chi connectivity index (χ2n) is 3.71. The van der Waals surface area contributed by atoms with Crippen molar-refractivity contribution in [2.75, 3.05) is 33.2 Å². The molecule has 0 spiro atoms. The molecule has 1 rings (SSSR count). The Kier molecular flexibility index (Phi) is 4.20. The topological polar surface area (TPSA) is 35.6 Å². The van der Waals surface area contributed by atoms with Crippen molar-refractivity contribution in [2.24, 2.45) is 0 Å². The number of nitrogens with one attached hydrogen (secondary N) is 1. The molecule has 0 aromatic rings. The van der Waals surface area contributed by atoms with Gasteiger partial charge in [-0.1, -0.05) is 0 Å². The van der Waals surface area contributed by atoms with E-state index in [9.17, 15) is 4.79 Å². The van der Waals surface area contributed by atoms with Crippen molar-refractivity contribution >= 4 is 6.03 Å². The molecule has 4 heteroatoms. The molecule has 1 aliphatic heterocycles. The number of carbonyl (C=O) groups is 1. The Morgan fingerprint density at radius 1 is 1.43 bits per heavy atom. The molecular weight excluding hydrogens is 178 g/mol. The first-order valence-corrected chi connectivity index (χ1v) is 5.43. The normalized spacial score (nSPS) is 20.9. The summed E-state index contributed by atoms with van der Waals surface area (Å²) >= 11 is 0. The second-order valence-corrected chi connectivity index (χ2v) is 3.71. The molecule has 0 aliphatic carbocycles. The predicted molar refractivity (Wildman–Crippen MR) is 57.4 cm³/mol. The quantitative estimate of drug-likeness (QED) is 0.727. The highest BCUT2D eigenvalue weighted by atomic mass is 16.2. The van der Waals surface area contributed by atoms with Crippen molar-refractivity contribution in [1.29, 1.82) is 0 Å². The Bertz CT molecular complexity index is 186. The molecule has 0 saturated carbocycles. The molecule has 0 aromatic heterocycles. The molecule has 2 amide bonds. The molecule has 1 fully saturated rings. The summed E-state index contributed by atoms with van der Waals surface area (Å²) in [5, 5.41) is 3.27. The van der Waals surface area contributed by atoms with Gasteiger partial charge in [0.15, 0.2) is 0 Å². The van der Waals surface area contributed by atoms with Gasteiger partial charge in [0.1, 0.15) is 0 Å². The van der Waals surface area contributed by atoms with Crippen LogP contribution in [0.4, 0.5) is 4.79 Å². The maximum absolute atomic E-state index is 11.9. The summed E-state index contributed by atoms with van der Waals surface area (Å²) in [4.78, 5) is 15.6. The lowest BCUT2D eigenvalue weighted by Crippen LogP contribution is -2.46. The first-order valence-electron chi connectivity index (χ1n) is 5.43. The van der Waals surface area contributed by atoms with E-state index in [2.05, 4.69) is 5.32 Å². The average molecular weight is 199 g/mol. The van der Waals surface area contributed by atoms with E-state index in [4.69, 9.17) is 0 Å². The van der Waals surface area contributed by atoms with E-state index in [1.54, 1.807) is 0 Å². The van der Waals surface area contributed by atoms with Crippen LogP contribution < -0.4 is 5.32 Å². The van der Waals surface area contributed by atoms with Crippen LogP contribution in [0, 0.1) is 0 Å². The lowest BCUT2D eigenvalue weighted by Gasteiger charge is -2.30. The van der Waals surface area contributed by atoms with Gasteiger partial charge in [-0.2, -0.15) is 0 Å². The van der Waals surface area contributed by atoms with Crippen LogP contribution in [0.2, 0.25) is 0 Å². The van der Waals surface area contributed by atoms with Crippen molar-refractivity contribution in [3.05, 3.63) is 0 Å². The fraction of sp³-hybridized carbons (Fsp3) is 0.900. The summed E-state index contributed by atoms with van der Waals surface area (Å²) in [7, 11) is 1.90. The predicted octanol–water partition coefficient (Wildman–Crippen LogP) is 0.742. The monoisotopic (exact) mass is 199 g/mol. The van der Waals surface area contributed by atoms with Crippen LogP contribution in [0.25, 0.3) is 0 Å². The highest BCUT2D eigenvalue weighted by Gasteiger charge is 2.25. The van der Waals surface area contributed by atoms with Crippen LogP contribution in [-0.2, 0) is 0 Å². The second kappa shape index (κ2) is 5.20. The van der Waals surface area contributed by atoms with Crippen LogP contribution in [-0.4, -0.2) is 55.1 Å². The van der Waals surface area contributed by atoms with Crippen LogP contribution in [0.15, 0.2) is 0 Å². The zero-order valence-corrected chi connectivity index (χ0v) is 9.42.